The summed E-state index contributed by atoms with van der Waals surface area (Å²) in [5.41, 5.74) is 7.37. The lowest BCUT2D eigenvalue weighted by Crippen LogP contribution is -2.31. The van der Waals surface area contributed by atoms with Crippen molar-refractivity contribution in [2.24, 2.45) is 0 Å². The SMILES string of the molecule is CC1(c2ccccc2)Oc2ccc(N)cc2O1. The van der Waals surface area contributed by atoms with Crippen LogP contribution in [0, 0.1) is 0 Å². The molecule has 17 heavy (non-hydrogen) atoms. The van der Waals surface area contributed by atoms with Crippen molar-refractivity contribution >= 4 is 5.69 Å². The van der Waals surface area contributed by atoms with E-state index < -0.39 is 5.79 Å². The van der Waals surface area contributed by atoms with Crippen LogP contribution in [0.4, 0.5) is 5.69 Å². The second kappa shape index (κ2) is 3.42. The first-order valence-electron chi connectivity index (χ1n) is 5.50. The van der Waals surface area contributed by atoms with Gasteiger partial charge in [-0.25, -0.2) is 0 Å². The summed E-state index contributed by atoms with van der Waals surface area (Å²) in [4.78, 5) is 0. The highest BCUT2D eigenvalue weighted by molar-refractivity contribution is 5.54. The molecule has 1 aliphatic heterocycles. The Bertz CT molecular complexity index is 553. The van der Waals surface area contributed by atoms with Gasteiger partial charge in [0.05, 0.1) is 0 Å². The van der Waals surface area contributed by atoms with Gasteiger partial charge in [0, 0.05) is 24.2 Å². The van der Waals surface area contributed by atoms with Crippen LogP contribution in [0.1, 0.15) is 12.5 Å². The van der Waals surface area contributed by atoms with E-state index in [1.807, 2.05) is 43.3 Å². The predicted octanol–water partition coefficient (Wildman–Crippen LogP) is 2.91. The third-order valence-electron chi connectivity index (χ3n) is 2.88. The highest BCUT2D eigenvalue weighted by Gasteiger charge is 2.38. The van der Waals surface area contributed by atoms with Crippen molar-refractivity contribution in [1.82, 2.24) is 0 Å². The van der Waals surface area contributed by atoms with Crippen molar-refractivity contribution in [3.63, 3.8) is 0 Å². The van der Waals surface area contributed by atoms with Gasteiger partial charge < -0.3 is 15.2 Å². The molecular weight excluding hydrogens is 214 g/mol. The van der Waals surface area contributed by atoms with Crippen LogP contribution in [-0.4, -0.2) is 0 Å². The van der Waals surface area contributed by atoms with Gasteiger partial charge in [0.15, 0.2) is 11.5 Å². The smallest absolute Gasteiger partial charge is 0.275 e. The lowest BCUT2D eigenvalue weighted by atomic mass is 10.1. The maximum Gasteiger partial charge on any atom is 0.275 e. The average molecular weight is 227 g/mol. The Balaban J connectivity index is 2.00. The number of anilines is 1. The van der Waals surface area contributed by atoms with Crippen molar-refractivity contribution in [3.05, 3.63) is 54.1 Å². The Morgan fingerprint density at radius 1 is 0.941 bits per heavy atom. The zero-order valence-electron chi connectivity index (χ0n) is 9.51. The molecule has 0 spiro atoms. The molecule has 2 N–H and O–H groups in total. The molecule has 1 atom stereocenters. The standard InChI is InChI=1S/C14H13NO2/c1-14(10-5-3-2-4-6-10)16-12-8-7-11(15)9-13(12)17-14/h2-9H,15H2,1H3. The summed E-state index contributed by atoms with van der Waals surface area (Å²) in [5, 5.41) is 0. The van der Waals surface area contributed by atoms with E-state index in [2.05, 4.69) is 0 Å². The second-order valence-electron chi connectivity index (χ2n) is 4.22. The summed E-state index contributed by atoms with van der Waals surface area (Å²) in [6.07, 6.45) is 0. The topological polar surface area (TPSA) is 44.5 Å². The van der Waals surface area contributed by atoms with Crippen molar-refractivity contribution in [1.29, 1.82) is 0 Å². The van der Waals surface area contributed by atoms with E-state index in [0.29, 0.717) is 11.4 Å². The molecule has 0 bridgehead atoms. The van der Waals surface area contributed by atoms with E-state index in [-0.39, 0.29) is 0 Å². The molecule has 1 heterocycles. The van der Waals surface area contributed by atoms with Gasteiger partial charge >= 0.3 is 0 Å². The molecule has 2 aromatic carbocycles. The Morgan fingerprint density at radius 3 is 2.41 bits per heavy atom. The molecule has 0 aromatic heterocycles. The fourth-order valence-corrected chi connectivity index (χ4v) is 1.99. The van der Waals surface area contributed by atoms with Gasteiger partial charge in [-0.2, -0.15) is 0 Å². The maximum absolute atomic E-state index is 5.86. The van der Waals surface area contributed by atoms with Crippen molar-refractivity contribution < 1.29 is 9.47 Å². The van der Waals surface area contributed by atoms with Gasteiger partial charge in [-0.1, -0.05) is 30.3 Å². The van der Waals surface area contributed by atoms with E-state index in [0.717, 1.165) is 11.3 Å². The minimum Gasteiger partial charge on any atom is -0.445 e. The Kier molecular flexibility index (Phi) is 2.01. The van der Waals surface area contributed by atoms with Crippen LogP contribution in [-0.2, 0) is 5.79 Å². The molecule has 1 aliphatic rings. The summed E-state index contributed by atoms with van der Waals surface area (Å²) < 4.78 is 11.7. The van der Waals surface area contributed by atoms with E-state index in [1.165, 1.54) is 0 Å². The third kappa shape index (κ3) is 1.60. The number of nitrogens with two attached hydrogens (primary N) is 1. The van der Waals surface area contributed by atoms with Crippen LogP contribution in [0.25, 0.3) is 0 Å². The molecule has 2 aromatic rings. The first-order valence-corrected chi connectivity index (χ1v) is 5.50. The van der Waals surface area contributed by atoms with Gasteiger partial charge in [-0.3, -0.25) is 0 Å². The maximum atomic E-state index is 5.86. The van der Waals surface area contributed by atoms with Crippen LogP contribution in [0.3, 0.4) is 0 Å². The first kappa shape index (κ1) is 10.0. The predicted molar refractivity (Wildman–Crippen MR) is 65.9 cm³/mol. The third-order valence-corrected chi connectivity index (χ3v) is 2.88. The van der Waals surface area contributed by atoms with E-state index in [9.17, 15) is 0 Å². The fraction of sp³-hybridized carbons (Fsp3) is 0.143. The summed E-state index contributed by atoms with van der Waals surface area (Å²) in [6, 6.07) is 15.3. The molecule has 0 saturated carbocycles. The number of hydrogen-bond acceptors (Lipinski definition) is 3. The van der Waals surface area contributed by atoms with Gasteiger partial charge in [0.1, 0.15) is 0 Å². The lowest BCUT2D eigenvalue weighted by molar-refractivity contribution is -0.0680. The average Bonchev–Trinajstić information content (AvgIpc) is 2.67. The lowest BCUT2D eigenvalue weighted by Gasteiger charge is -2.23. The molecule has 0 radical (unpaired) electrons. The molecule has 0 aliphatic carbocycles. The zero-order chi connectivity index (χ0) is 11.9. The Labute approximate surface area is 99.8 Å². The van der Waals surface area contributed by atoms with Crippen LogP contribution in [0.5, 0.6) is 11.5 Å². The molecule has 86 valence electrons. The molecule has 3 heteroatoms. The van der Waals surface area contributed by atoms with E-state index >= 15 is 0 Å². The minimum atomic E-state index is -0.766. The Morgan fingerprint density at radius 2 is 1.65 bits per heavy atom. The highest BCUT2D eigenvalue weighted by atomic mass is 16.7. The first-order chi connectivity index (χ1) is 8.17. The second-order valence-corrected chi connectivity index (χ2v) is 4.22. The van der Waals surface area contributed by atoms with Gasteiger partial charge in [0.25, 0.3) is 5.79 Å². The van der Waals surface area contributed by atoms with Crippen LogP contribution in [0.2, 0.25) is 0 Å². The number of rotatable bonds is 1. The molecule has 1 unspecified atom stereocenters. The number of nitrogen functional groups attached to an aromatic ring is 1. The molecule has 3 nitrogen and oxygen atoms in total. The zero-order valence-corrected chi connectivity index (χ0v) is 9.51. The van der Waals surface area contributed by atoms with Crippen LogP contribution >= 0.6 is 0 Å². The number of fused-ring (bicyclic) bond motifs is 1. The number of ether oxygens (including phenoxy) is 2. The van der Waals surface area contributed by atoms with Gasteiger partial charge in [-0.15, -0.1) is 0 Å². The van der Waals surface area contributed by atoms with E-state index in [1.54, 1.807) is 12.1 Å². The summed E-state index contributed by atoms with van der Waals surface area (Å²) in [7, 11) is 0. The van der Waals surface area contributed by atoms with Crippen molar-refractivity contribution in [2.45, 2.75) is 12.7 Å². The van der Waals surface area contributed by atoms with Gasteiger partial charge in [-0.05, 0) is 12.1 Å². The normalized spacial score (nSPS) is 21.5. The monoisotopic (exact) mass is 227 g/mol. The molecular formula is C14H13NO2. The Hall–Kier alpha value is -2.16. The fourth-order valence-electron chi connectivity index (χ4n) is 1.99. The number of hydrogen-bond donors (Lipinski definition) is 1. The summed E-state index contributed by atoms with van der Waals surface area (Å²) >= 11 is 0. The van der Waals surface area contributed by atoms with Gasteiger partial charge in [0.2, 0.25) is 0 Å². The highest BCUT2D eigenvalue weighted by Crippen LogP contribution is 2.44. The van der Waals surface area contributed by atoms with Crippen LogP contribution < -0.4 is 15.2 Å². The summed E-state index contributed by atoms with van der Waals surface area (Å²) in [5.74, 6) is 0.652. The molecule has 0 saturated heterocycles. The quantitative estimate of drug-likeness (QED) is 0.762. The summed E-state index contributed by atoms with van der Waals surface area (Å²) in [6.45, 7) is 1.90. The van der Waals surface area contributed by atoms with Crippen LogP contribution in [0.15, 0.2) is 48.5 Å². The number of benzene rings is 2. The molecule has 3 rings (SSSR count). The molecule has 0 fully saturated rings. The van der Waals surface area contributed by atoms with Crippen molar-refractivity contribution in [2.75, 3.05) is 5.73 Å². The van der Waals surface area contributed by atoms with Crippen molar-refractivity contribution in [3.8, 4) is 11.5 Å². The largest absolute Gasteiger partial charge is 0.445 e. The minimum absolute atomic E-state index is 0.671. The van der Waals surface area contributed by atoms with E-state index in [4.69, 9.17) is 15.2 Å². The molecule has 0 amide bonds.